The van der Waals surface area contributed by atoms with Gasteiger partial charge in [0.15, 0.2) is 5.82 Å². The van der Waals surface area contributed by atoms with Crippen molar-refractivity contribution in [1.29, 1.82) is 0 Å². The molecule has 108 valence electrons. The molecule has 5 nitrogen and oxygen atoms in total. The highest BCUT2D eigenvalue weighted by Crippen LogP contribution is 2.23. The van der Waals surface area contributed by atoms with E-state index in [0.29, 0.717) is 0 Å². The zero-order valence-electron chi connectivity index (χ0n) is 13.2. The summed E-state index contributed by atoms with van der Waals surface area (Å²) >= 11 is 0. The highest BCUT2D eigenvalue weighted by molar-refractivity contribution is 5.52. The van der Waals surface area contributed by atoms with Gasteiger partial charge in [-0.3, -0.25) is 0 Å². The Balaban J connectivity index is 2.63. The van der Waals surface area contributed by atoms with Crippen LogP contribution in [0, 0.1) is 27.7 Å². The molecule has 0 bridgehead atoms. The summed E-state index contributed by atoms with van der Waals surface area (Å²) in [6.45, 7) is 13.2. The smallest absolute Gasteiger partial charge is 0.162 e. The Kier molecular flexibility index (Phi) is 4.06. The molecular weight excluding hydrogens is 250 g/mol. The van der Waals surface area contributed by atoms with Crippen LogP contribution in [0.15, 0.2) is 0 Å². The molecule has 5 heteroatoms. The molecule has 0 radical (unpaired) electrons. The molecular formula is C15H23N5. The van der Waals surface area contributed by atoms with Gasteiger partial charge >= 0.3 is 0 Å². The standard InChI is InChI=1S/C15H23N5/c1-7-13-10(4)19-20(11(13)5)15-9(3)14(16-8-2)17-12(6)18-15/h7-8H2,1-6H3,(H,16,17,18). The van der Waals surface area contributed by atoms with Crippen LogP contribution in [-0.4, -0.2) is 26.3 Å². The van der Waals surface area contributed by atoms with Crippen LogP contribution in [0.5, 0.6) is 0 Å². The summed E-state index contributed by atoms with van der Waals surface area (Å²) in [7, 11) is 0. The van der Waals surface area contributed by atoms with Crippen molar-refractivity contribution in [2.45, 2.75) is 48.0 Å². The maximum atomic E-state index is 4.65. The van der Waals surface area contributed by atoms with Crippen LogP contribution in [0.2, 0.25) is 0 Å². The molecule has 0 fully saturated rings. The first-order valence-corrected chi connectivity index (χ1v) is 7.14. The average molecular weight is 273 g/mol. The number of hydrogen-bond donors (Lipinski definition) is 1. The molecule has 0 amide bonds. The molecule has 0 aliphatic rings. The number of aromatic nitrogens is 4. The van der Waals surface area contributed by atoms with Crippen molar-refractivity contribution in [2.75, 3.05) is 11.9 Å². The minimum Gasteiger partial charge on any atom is -0.370 e. The van der Waals surface area contributed by atoms with Gasteiger partial charge in [-0.2, -0.15) is 5.10 Å². The molecule has 20 heavy (non-hydrogen) atoms. The lowest BCUT2D eigenvalue weighted by atomic mass is 10.1. The van der Waals surface area contributed by atoms with Gasteiger partial charge in [-0.05, 0) is 46.6 Å². The molecule has 0 atom stereocenters. The first kappa shape index (κ1) is 14.5. The highest BCUT2D eigenvalue weighted by atomic mass is 15.3. The highest BCUT2D eigenvalue weighted by Gasteiger charge is 2.16. The van der Waals surface area contributed by atoms with Crippen LogP contribution in [-0.2, 0) is 6.42 Å². The third kappa shape index (κ3) is 2.40. The molecule has 2 heterocycles. The predicted molar refractivity (Wildman–Crippen MR) is 81.6 cm³/mol. The maximum Gasteiger partial charge on any atom is 0.162 e. The second kappa shape index (κ2) is 5.61. The summed E-state index contributed by atoms with van der Waals surface area (Å²) in [5, 5.41) is 7.94. The predicted octanol–water partition coefficient (Wildman–Crippen LogP) is 2.89. The van der Waals surface area contributed by atoms with Crippen molar-refractivity contribution in [2.24, 2.45) is 0 Å². The Morgan fingerprint density at radius 1 is 1.05 bits per heavy atom. The quantitative estimate of drug-likeness (QED) is 0.930. The van der Waals surface area contributed by atoms with Gasteiger partial charge in [0.05, 0.1) is 5.69 Å². The fourth-order valence-corrected chi connectivity index (χ4v) is 2.55. The minimum absolute atomic E-state index is 0.757. The van der Waals surface area contributed by atoms with E-state index in [1.807, 2.05) is 18.5 Å². The molecule has 2 rings (SSSR count). The first-order chi connectivity index (χ1) is 9.49. The van der Waals surface area contributed by atoms with E-state index in [9.17, 15) is 0 Å². The summed E-state index contributed by atoms with van der Waals surface area (Å²) in [5.74, 6) is 2.52. The zero-order valence-corrected chi connectivity index (χ0v) is 13.2. The van der Waals surface area contributed by atoms with Gasteiger partial charge in [0.25, 0.3) is 0 Å². The van der Waals surface area contributed by atoms with Crippen LogP contribution in [0.3, 0.4) is 0 Å². The van der Waals surface area contributed by atoms with Crippen LogP contribution in [0.25, 0.3) is 5.82 Å². The molecule has 0 aliphatic carbocycles. The van der Waals surface area contributed by atoms with Crippen LogP contribution in [0.4, 0.5) is 5.82 Å². The average Bonchev–Trinajstić information content (AvgIpc) is 2.68. The summed E-state index contributed by atoms with van der Waals surface area (Å²) in [6.07, 6.45) is 0.987. The summed E-state index contributed by atoms with van der Waals surface area (Å²) in [5.41, 5.74) is 4.57. The number of nitrogens with zero attached hydrogens (tertiary/aromatic N) is 4. The minimum atomic E-state index is 0.757. The lowest BCUT2D eigenvalue weighted by Crippen LogP contribution is -2.11. The number of hydrogen-bond acceptors (Lipinski definition) is 4. The van der Waals surface area contributed by atoms with E-state index in [1.165, 1.54) is 5.56 Å². The van der Waals surface area contributed by atoms with E-state index in [4.69, 9.17) is 0 Å². The van der Waals surface area contributed by atoms with Crippen molar-refractivity contribution in [1.82, 2.24) is 19.7 Å². The Bertz CT molecular complexity index is 628. The van der Waals surface area contributed by atoms with Gasteiger partial charge in [0, 0.05) is 17.8 Å². The molecule has 2 aromatic rings. The van der Waals surface area contributed by atoms with Gasteiger partial charge in [0.2, 0.25) is 0 Å². The molecule has 0 unspecified atom stereocenters. The lowest BCUT2D eigenvalue weighted by molar-refractivity contribution is 0.783. The maximum absolute atomic E-state index is 4.65. The van der Waals surface area contributed by atoms with E-state index in [1.54, 1.807) is 0 Å². The normalized spacial score (nSPS) is 10.9. The van der Waals surface area contributed by atoms with E-state index in [2.05, 4.69) is 48.1 Å². The largest absolute Gasteiger partial charge is 0.370 e. The fraction of sp³-hybridized carbons (Fsp3) is 0.533. The van der Waals surface area contributed by atoms with Crippen molar-refractivity contribution in [3.63, 3.8) is 0 Å². The van der Waals surface area contributed by atoms with E-state index >= 15 is 0 Å². The number of nitrogens with one attached hydrogen (secondary N) is 1. The van der Waals surface area contributed by atoms with Gasteiger partial charge in [-0.15, -0.1) is 0 Å². The third-order valence-electron chi connectivity index (χ3n) is 3.57. The Morgan fingerprint density at radius 3 is 2.30 bits per heavy atom. The Hall–Kier alpha value is -1.91. The second-order valence-electron chi connectivity index (χ2n) is 5.01. The lowest BCUT2D eigenvalue weighted by Gasteiger charge is -2.13. The molecule has 1 N–H and O–H groups in total. The van der Waals surface area contributed by atoms with Crippen molar-refractivity contribution in [3.05, 3.63) is 28.3 Å². The van der Waals surface area contributed by atoms with Crippen molar-refractivity contribution >= 4 is 5.82 Å². The fourth-order valence-electron chi connectivity index (χ4n) is 2.55. The number of anilines is 1. The van der Waals surface area contributed by atoms with Crippen molar-refractivity contribution in [3.8, 4) is 5.82 Å². The van der Waals surface area contributed by atoms with Crippen molar-refractivity contribution < 1.29 is 0 Å². The monoisotopic (exact) mass is 273 g/mol. The van der Waals surface area contributed by atoms with Crippen LogP contribution < -0.4 is 5.32 Å². The van der Waals surface area contributed by atoms with Gasteiger partial charge in [-0.1, -0.05) is 6.92 Å². The van der Waals surface area contributed by atoms with E-state index in [-0.39, 0.29) is 0 Å². The SMILES string of the molecule is CCNc1nc(C)nc(-n2nc(C)c(CC)c2C)c1C. The Morgan fingerprint density at radius 2 is 1.75 bits per heavy atom. The van der Waals surface area contributed by atoms with Crippen LogP contribution in [0.1, 0.15) is 42.2 Å². The second-order valence-corrected chi connectivity index (χ2v) is 5.01. The molecule has 0 spiro atoms. The van der Waals surface area contributed by atoms with Gasteiger partial charge in [0.1, 0.15) is 11.6 Å². The van der Waals surface area contributed by atoms with E-state index in [0.717, 1.165) is 47.4 Å². The van der Waals surface area contributed by atoms with Gasteiger partial charge in [-0.25, -0.2) is 14.6 Å². The van der Waals surface area contributed by atoms with Crippen LogP contribution >= 0.6 is 0 Å². The zero-order chi connectivity index (χ0) is 14.9. The molecule has 0 aliphatic heterocycles. The molecule has 0 saturated heterocycles. The Labute approximate surface area is 120 Å². The number of rotatable bonds is 4. The topological polar surface area (TPSA) is 55.6 Å². The molecule has 0 aromatic carbocycles. The van der Waals surface area contributed by atoms with E-state index < -0.39 is 0 Å². The summed E-state index contributed by atoms with van der Waals surface area (Å²) in [6, 6.07) is 0. The summed E-state index contributed by atoms with van der Waals surface area (Å²) < 4.78 is 1.94. The van der Waals surface area contributed by atoms with Gasteiger partial charge < -0.3 is 5.32 Å². The third-order valence-corrected chi connectivity index (χ3v) is 3.57. The molecule has 2 aromatic heterocycles. The summed E-state index contributed by atoms with van der Waals surface area (Å²) in [4.78, 5) is 9.05. The molecule has 0 saturated carbocycles. The number of aryl methyl sites for hydroxylation is 2. The first-order valence-electron chi connectivity index (χ1n) is 7.14.